The van der Waals surface area contributed by atoms with Crippen LogP contribution in [0.25, 0.3) is 33.3 Å². The number of aromatic nitrogens is 6. The third-order valence-electron chi connectivity index (χ3n) is 8.50. The molecular weight excluding hydrogens is 474 g/mol. The molecule has 1 aliphatic carbocycles. The molecule has 0 radical (unpaired) electrons. The van der Waals surface area contributed by atoms with E-state index in [1.54, 1.807) is 10.9 Å². The van der Waals surface area contributed by atoms with Crippen LogP contribution in [0.5, 0.6) is 0 Å². The molecule has 2 fully saturated rings. The maximum absolute atomic E-state index is 14.7. The highest BCUT2D eigenvalue weighted by Gasteiger charge is 2.67. The fraction of sp³-hybridized carbons (Fsp3) is 0.333. The van der Waals surface area contributed by atoms with Crippen molar-refractivity contribution in [1.29, 1.82) is 0 Å². The lowest BCUT2D eigenvalue weighted by Gasteiger charge is -2.26. The van der Waals surface area contributed by atoms with E-state index < -0.39 is 17.0 Å². The van der Waals surface area contributed by atoms with Gasteiger partial charge in [0.1, 0.15) is 28.7 Å². The molecule has 188 valence electrons. The van der Waals surface area contributed by atoms with Crippen LogP contribution in [0.2, 0.25) is 0 Å². The Kier molecular flexibility index (Phi) is 4.69. The van der Waals surface area contributed by atoms with Crippen LogP contribution in [-0.4, -0.2) is 49.6 Å². The fourth-order valence-corrected chi connectivity index (χ4v) is 6.64. The van der Waals surface area contributed by atoms with Crippen LogP contribution >= 0.6 is 0 Å². The van der Waals surface area contributed by atoms with Gasteiger partial charge in [0.25, 0.3) is 0 Å². The van der Waals surface area contributed by atoms with Gasteiger partial charge < -0.3 is 10.6 Å². The summed E-state index contributed by atoms with van der Waals surface area (Å²) < 4.78 is 31.2. The summed E-state index contributed by atoms with van der Waals surface area (Å²) in [6.07, 6.45) is 4.55. The normalized spacial score (nSPS) is 23.1. The molecule has 4 heterocycles. The Labute approximate surface area is 211 Å². The lowest BCUT2D eigenvalue weighted by atomic mass is 9.90. The maximum atomic E-state index is 14.7. The summed E-state index contributed by atoms with van der Waals surface area (Å²) in [5.74, 6) is -0.107. The van der Waals surface area contributed by atoms with E-state index in [9.17, 15) is 8.78 Å². The predicted molar refractivity (Wildman–Crippen MR) is 137 cm³/mol. The van der Waals surface area contributed by atoms with E-state index >= 15 is 0 Å². The van der Waals surface area contributed by atoms with Gasteiger partial charge in [0.15, 0.2) is 5.65 Å². The molecule has 3 aromatic heterocycles. The minimum Gasteiger partial charge on any atom is -0.355 e. The Balaban J connectivity index is 1.20. The third-order valence-corrected chi connectivity index (χ3v) is 8.50. The van der Waals surface area contributed by atoms with Gasteiger partial charge in [0.05, 0.1) is 11.7 Å². The molecule has 1 aliphatic heterocycles. The van der Waals surface area contributed by atoms with Crippen molar-refractivity contribution >= 4 is 27.9 Å². The van der Waals surface area contributed by atoms with E-state index in [0.29, 0.717) is 23.5 Å². The molecule has 2 aromatic carbocycles. The molecular formula is C27H26F2N8. The number of nitrogens with two attached hydrogens (primary N) is 1. The summed E-state index contributed by atoms with van der Waals surface area (Å²) in [4.78, 5) is 11.7. The Bertz CT molecular complexity index is 1670. The Morgan fingerprint density at radius 2 is 1.97 bits per heavy atom. The summed E-state index contributed by atoms with van der Waals surface area (Å²) in [6.45, 7) is 3.61. The maximum Gasteiger partial charge on any atom is 0.177 e. The number of nitrogens with one attached hydrogen (secondary N) is 1. The van der Waals surface area contributed by atoms with Crippen LogP contribution in [-0.2, 0) is 12.5 Å². The quantitative estimate of drug-likeness (QED) is 0.389. The van der Waals surface area contributed by atoms with Crippen molar-refractivity contribution in [3.63, 3.8) is 0 Å². The van der Waals surface area contributed by atoms with E-state index in [2.05, 4.69) is 27.1 Å². The zero-order chi connectivity index (χ0) is 25.5. The van der Waals surface area contributed by atoms with Gasteiger partial charge in [-0.2, -0.15) is 10.2 Å². The van der Waals surface area contributed by atoms with Gasteiger partial charge in [-0.3, -0.25) is 9.78 Å². The van der Waals surface area contributed by atoms with Crippen LogP contribution in [0.15, 0.2) is 42.7 Å². The van der Waals surface area contributed by atoms with Crippen molar-refractivity contribution in [2.24, 2.45) is 24.6 Å². The number of aromatic amines is 1. The number of anilines is 1. The number of nitrogens with zero attached hydrogens (tertiary/aromatic N) is 6. The van der Waals surface area contributed by atoms with E-state index in [-0.39, 0.29) is 23.9 Å². The van der Waals surface area contributed by atoms with Gasteiger partial charge >= 0.3 is 0 Å². The first-order valence-corrected chi connectivity index (χ1v) is 12.5. The number of benzene rings is 2. The third kappa shape index (κ3) is 3.08. The summed E-state index contributed by atoms with van der Waals surface area (Å²) in [5, 5.41) is 13.1. The molecule has 1 saturated carbocycles. The lowest BCUT2D eigenvalue weighted by molar-refractivity contribution is 0.488. The Hall–Kier alpha value is -3.92. The SMILES string of the molecule is Cc1c(-c2n[nH]c3nc(N4CC[C@@H]5[C@H](C4)[C@@]5(CN)c4c(F)cccc4F)cnc23)ccc2nn(C)cc12. The molecule has 8 nitrogen and oxygen atoms in total. The smallest absolute Gasteiger partial charge is 0.177 e. The second kappa shape index (κ2) is 7.79. The van der Waals surface area contributed by atoms with E-state index in [1.165, 1.54) is 18.2 Å². The molecule has 2 aliphatic rings. The average Bonchev–Trinajstić information content (AvgIpc) is 3.13. The number of aryl methyl sites for hydroxylation is 2. The zero-order valence-electron chi connectivity index (χ0n) is 20.5. The van der Waals surface area contributed by atoms with Gasteiger partial charge in [-0.1, -0.05) is 12.1 Å². The number of hydrogen-bond acceptors (Lipinski definition) is 6. The number of piperidine rings is 1. The van der Waals surface area contributed by atoms with Gasteiger partial charge in [0, 0.05) is 54.8 Å². The zero-order valence-corrected chi connectivity index (χ0v) is 20.5. The van der Waals surface area contributed by atoms with Crippen LogP contribution < -0.4 is 10.6 Å². The highest BCUT2D eigenvalue weighted by atomic mass is 19.1. The summed E-state index contributed by atoms with van der Waals surface area (Å²) >= 11 is 0. The first-order valence-electron chi connectivity index (χ1n) is 12.5. The molecule has 0 amide bonds. The van der Waals surface area contributed by atoms with Crippen LogP contribution in [0.1, 0.15) is 17.5 Å². The van der Waals surface area contributed by atoms with Gasteiger partial charge in [-0.05, 0) is 48.9 Å². The number of halogens is 2. The van der Waals surface area contributed by atoms with Crippen molar-refractivity contribution in [3.05, 3.63) is 65.5 Å². The molecule has 37 heavy (non-hydrogen) atoms. The topological polar surface area (TPSA) is 102 Å². The highest BCUT2D eigenvalue weighted by molar-refractivity contribution is 5.94. The second-order valence-corrected chi connectivity index (χ2v) is 10.3. The number of fused-ring (bicyclic) bond motifs is 3. The van der Waals surface area contributed by atoms with Crippen molar-refractivity contribution in [1.82, 2.24) is 29.9 Å². The highest BCUT2D eigenvalue weighted by Crippen LogP contribution is 2.64. The molecule has 10 heteroatoms. The standard InChI is InChI=1S/C27H26F2N8/c1-14-15(6-7-21-16(14)11-36(2)35-21)24-25-26(34-33-24)32-22(10-31-25)37-9-8-17-18(12-37)27(17,13-30)23-19(28)4-3-5-20(23)29/h3-7,10-11,17-18H,8-9,12-13,30H2,1-2H3,(H,32,33,34)/t17-,18+,27+/m1/s1. The first-order chi connectivity index (χ1) is 17.9. The largest absolute Gasteiger partial charge is 0.355 e. The van der Waals surface area contributed by atoms with Crippen LogP contribution in [0, 0.1) is 30.4 Å². The van der Waals surface area contributed by atoms with Crippen LogP contribution in [0.4, 0.5) is 14.6 Å². The number of rotatable bonds is 4. The average molecular weight is 501 g/mol. The predicted octanol–water partition coefficient (Wildman–Crippen LogP) is 3.85. The van der Waals surface area contributed by atoms with Crippen molar-refractivity contribution in [2.45, 2.75) is 18.8 Å². The second-order valence-electron chi connectivity index (χ2n) is 10.3. The minimum atomic E-state index is -0.675. The molecule has 1 saturated heterocycles. The number of H-pyrrole nitrogens is 1. The van der Waals surface area contributed by atoms with E-state index in [4.69, 9.17) is 15.7 Å². The van der Waals surface area contributed by atoms with Gasteiger partial charge in [0.2, 0.25) is 0 Å². The van der Waals surface area contributed by atoms with Gasteiger partial charge in [-0.25, -0.2) is 18.7 Å². The minimum absolute atomic E-state index is 0.0568. The van der Waals surface area contributed by atoms with E-state index in [1.807, 2.05) is 25.4 Å². The fourth-order valence-electron chi connectivity index (χ4n) is 6.64. The first kappa shape index (κ1) is 22.3. The number of hydrogen-bond donors (Lipinski definition) is 2. The molecule has 0 unspecified atom stereocenters. The molecule has 3 N–H and O–H groups in total. The molecule has 7 rings (SSSR count). The van der Waals surface area contributed by atoms with E-state index in [0.717, 1.165) is 40.7 Å². The van der Waals surface area contributed by atoms with Crippen LogP contribution in [0.3, 0.4) is 0 Å². The Morgan fingerprint density at radius 1 is 1.16 bits per heavy atom. The van der Waals surface area contributed by atoms with Crippen molar-refractivity contribution < 1.29 is 8.78 Å². The van der Waals surface area contributed by atoms with Gasteiger partial charge in [-0.15, -0.1) is 0 Å². The molecule has 3 atom stereocenters. The lowest BCUT2D eigenvalue weighted by Crippen LogP contribution is -2.33. The summed E-state index contributed by atoms with van der Waals surface area (Å²) in [7, 11) is 1.91. The van der Waals surface area contributed by atoms with Crippen molar-refractivity contribution in [2.75, 3.05) is 24.5 Å². The Morgan fingerprint density at radius 3 is 2.76 bits per heavy atom. The monoisotopic (exact) mass is 500 g/mol. The summed E-state index contributed by atoms with van der Waals surface area (Å²) in [5.41, 5.74) is 10.7. The molecule has 0 bridgehead atoms. The van der Waals surface area contributed by atoms with Crippen molar-refractivity contribution in [3.8, 4) is 11.3 Å². The molecule has 5 aromatic rings. The summed E-state index contributed by atoms with van der Waals surface area (Å²) in [6, 6.07) is 8.04. The molecule has 0 spiro atoms.